The van der Waals surface area contributed by atoms with E-state index in [9.17, 15) is 23.3 Å². The second kappa shape index (κ2) is 10.2. The number of hydrazone groups is 1. The Kier molecular flexibility index (Phi) is 7.39. The SMILES string of the molecule is COc1cc(C=NNc2ccc(C(F)(F)F)cc2)cc([N+](=O)[O-])c1OCc1cccc(Cl)c1. The molecule has 0 saturated carbocycles. The molecule has 0 unspecified atom stereocenters. The Morgan fingerprint density at radius 2 is 1.88 bits per heavy atom. The first-order valence-electron chi connectivity index (χ1n) is 9.37. The highest BCUT2D eigenvalue weighted by Gasteiger charge is 2.29. The van der Waals surface area contributed by atoms with E-state index in [1.165, 1.54) is 37.6 Å². The van der Waals surface area contributed by atoms with Crippen molar-refractivity contribution in [3.63, 3.8) is 0 Å². The Bertz CT molecular complexity index is 1170. The molecule has 0 aliphatic carbocycles. The topological polar surface area (TPSA) is 86.0 Å². The maximum atomic E-state index is 12.6. The summed E-state index contributed by atoms with van der Waals surface area (Å²) in [7, 11) is 1.34. The number of hydrogen-bond acceptors (Lipinski definition) is 6. The molecule has 33 heavy (non-hydrogen) atoms. The predicted octanol–water partition coefficient (Wildman–Crippen LogP) is 6.30. The van der Waals surface area contributed by atoms with Crippen LogP contribution < -0.4 is 14.9 Å². The summed E-state index contributed by atoms with van der Waals surface area (Å²) < 4.78 is 48.8. The molecule has 0 amide bonds. The maximum absolute atomic E-state index is 12.6. The number of alkyl halides is 3. The second-order valence-electron chi connectivity index (χ2n) is 6.69. The normalized spacial score (nSPS) is 11.4. The molecule has 0 aromatic heterocycles. The van der Waals surface area contributed by atoms with E-state index < -0.39 is 16.7 Å². The summed E-state index contributed by atoms with van der Waals surface area (Å²) in [5, 5.41) is 16.0. The van der Waals surface area contributed by atoms with E-state index in [0.29, 0.717) is 21.8 Å². The van der Waals surface area contributed by atoms with Gasteiger partial charge in [0.05, 0.1) is 29.5 Å². The average molecular weight is 480 g/mol. The van der Waals surface area contributed by atoms with E-state index in [-0.39, 0.29) is 23.8 Å². The van der Waals surface area contributed by atoms with Gasteiger partial charge in [-0.2, -0.15) is 18.3 Å². The Hall–Kier alpha value is -3.79. The van der Waals surface area contributed by atoms with Crippen molar-refractivity contribution in [2.45, 2.75) is 12.8 Å². The van der Waals surface area contributed by atoms with Crippen LogP contribution in [0.1, 0.15) is 16.7 Å². The molecular weight excluding hydrogens is 463 g/mol. The summed E-state index contributed by atoms with van der Waals surface area (Å²) in [6.07, 6.45) is -3.16. The van der Waals surface area contributed by atoms with E-state index >= 15 is 0 Å². The Labute approximate surface area is 191 Å². The molecule has 7 nitrogen and oxygen atoms in total. The second-order valence-corrected chi connectivity index (χ2v) is 7.13. The van der Waals surface area contributed by atoms with Gasteiger partial charge in [-0.15, -0.1) is 0 Å². The number of nitrogens with one attached hydrogen (secondary N) is 1. The smallest absolute Gasteiger partial charge is 0.416 e. The molecule has 11 heteroatoms. The number of nitro groups is 1. The van der Waals surface area contributed by atoms with Gasteiger partial charge in [-0.1, -0.05) is 23.7 Å². The molecule has 0 aliphatic rings. The lowest BCUT2D eigenvalue weighted by Crippen LogP contribution is -2.04. The quantitative estimate of drug-likeness (QED) is 0.233. The minimum atomic E-state index is -4.44. The third-order valence-electron chi connectivity index (χ3n) is 4.37. The molecule has 3 aromatic carbocycles. The Morgan fingerprint density at radius 1 is 1.15 bits per heavy atom. The van der Waals surface area contributed by atoms with Crippen LogP contribution in [0.2, 0.25) is 5.02 Å². The summed E-state index contributed by atoms with van der Waals surface area (Å²) >= 11 is 5.95. The van der Waals surface area contributed by atoms with Crippen LogP contribution in [0.25, 0.3) is 0 Å². The van der Waals surface area contributed by atoms with E-state index in [2.05, 4.69) is 10.5 Å². The minimum absolute atomic E-state index is 0.0284. The highest BCUT2D eigenvalue weighted by atomic mass is 35.5. The summed E-state index contributed by atoms with van der Waals surface area (Å²) in [5.41, 5.74) is 2.78. The molecule has 1 N–H and O–H groups in total. The van der Waals surface area contributed by atoms with Crippen LogP contribution >= 0.6 is 11.6 Å². The van der Waals surface area contributed by atoms with Crippen molar-refractivity contribution >= 4 is 29.2 Å². The van der Waals surface area contributed by atoms with Gasteiger partial charge < -0.3 is 9.47 Å². The molecule has 0 aliphatic heterocycles. The molecular formula is C22H17ClF3N3O4. The van der Waals surface area contributed by atoms with Gasteiger partial charge in [0.2, 0.25) is 5.75 Å². The number of benzene rings is 3. The number of halogens is 4. The van der Waals surface area contributed by atoms with Gasteiger partial charge in [0.25, 0.3) is 0 Å². The third kappa shape index (κ3) is 6.36. The first-order chi connectivity index (χ1) is 15.7. The van der Waals surface area contributed by atoms with Crippen LogP contribution in [-0.4, -0.2) is 18.2 Å². The highest BCUT2D eigenvalue weighted by molar-refractivity contribution is 6.30. The Morgan fingerprint density at radius 3 is 2.48 bits per heavy atom. The lowest BCUT2D eigenvalue weighted by atomic mass is 10.1. The van der Waals surface area contributed by atoms with Crippen LogP contribution in [-0.2, 0) is 12.8 Å². The summed E-state index contributed by atoms with van der Waals surface area (Å²) in [4.78, 5) is 11.0. The third-order valence-corrected chi connectivity index (χ3v) is 4.60. The van der Waals surface area contributed by atoms with E-state index in [1.54, 1.807) is 24.3 Å². The lowest BCUT2D eigenvalue weighted by Gasteiger charge is -2.12. The predicted molar refractivity (Wildman–Crippen MR) is 118 cm³/mol. The molecule has 0 radical (unpaired) electrons. The summed E-state index contributed by atoms with van der Waals surface area (Å²) in [5.74, 6) is 0.0533. The molecule has 0 atom stereocenters. The van der Waals surface area contributed by atoms with E-state index in [0.717, 1.165) is 12.1 Å². The van der Waals surface area contributed by atoms with Crippen molar-refractivity contribution < 1.29 is 27.6 Å². The van der Waals surface area contributed by atoms with Crippen LogP contribution in [0.15, 0.2) is 65.8 Å². The number of methoxy groups -OCH3 is 1. The van der Waals surface area contributed by atoms with Crippen LogP contribution in [0.5, 0.6) is 11.5 Å². The zero-order chi connectivity index (χ0) is 24.0. The van der Waals surface area contributed by atoms with Crippen molar-refractivity contribution in [1.29, 1.82) is 0 Å². The molecule has 3 rings (SSSR count). The first-order valence-corrected chi connectivity index (χ1v) is 9.75. The fourth-order valence-electron chi connectivity index (χ4n) is 2.81. The van der Waals surface area contributed by atoms with E-state index in [4.69, 9.17) is 21.1 Å². The summed E-state index contributed by atoms with van der Waals surface area (Å²) in [6.45, 7) is 0.0284. The van der Waals surface area contributed by atoms with Gasteiger partial charge in [-0.3, -0.25) is 15.5 Å². The van der Waals surface area contributed by atoms with Crippen molar-refractivity contribution in [3.8, 4) is 11.5 Å². The number of rotatable bonds is 8. The fourth-order valence-corrected chi connectivity index (χ4v) is 3.03. The van der Waals surface area contributed by atoms with Crippen molar-refractivity contribution in [1.82, 2.24) is 0 Å². The Balaban J connectivity index is 1.78. The van der Waals surface area contributed by atoms with Crippen LogP contribution in [0.3, 0.4) is 0 Å². The molecule has 0 fully saturated rings. The number of anilines is 1. The van der Waals surface area contributed by atoms with Crippen LogP contribution in [0, 0.1) is 10.1 Å². The number of ether oxygens (including phenoxy) is 2. The molecule has 0 heterocycles. The molecule has 0 bridgehead atoms. The molecule has 0 spiro atoms. The van der Waals surface area contributed by atoms with Gasteiger partial charge in [-0.25, -0.2) is 0 Å². The zero-order valence-corrected chi connectivity index (χ0v) is 17.9. The molecule has 172 valence electrons. The zero-order valence-electron chi connectivity index (χ0n) is 17.1. The number of nitrogens with zero attached hydrogens (tertiary/aromatic N) is 2. The van der Waals surface area contributed by atoms with Crippen molar-refractivity contribution in [3.05, 3.63) is 92.5 Å². The largest absolute Gasteiger partial charge is 0.493 e. The minimum Gasteiger partial charge on any atom is -0.493 e. The number of nitro benzene ring substituents is 1. The number of hydrogen-bond donors (Lipinski definition) is 1. The fraction of sp³-hybridized carbons (Fsp3) is 0.136. The first kappa shape index (κ1) is 23.9. The van der Waals surface area contributed by atoms with Gasteiger partial charge >= 0.3 is 11.9 Å². The molecule has 3 aromatic rings. The highest BCUT2D eigenvalue weighted by Crippen LogP contribution is 2.38. The maximum Gasteiger partial charge on any atom is 0.416 e. The van der Waals surface area contributed by atoms with E-state index in [1.807, 2.05) is 0 Å². The van der Waals surface area contributed by atoms with Gasteiger partial charge in [0.1, 0.15) is 6.61 Å². The molecule has 0 saturated heterocycles. The van der Waals surface area contributed by atoms with Crippen molar-refractivity contribution in [2.75, 3.05) is 12.5 Å². The van der Waals surface area contributed by atoms with Gasteiger partial charge in [-0.05, 0) is 48.0 Å². The van der Waals surface area contributed by atoms with Crippen molar-refractivity contribution in [2.24, 2.45) is 5.10 Å². The standard InChI is InChI=1S/C22H17ClF3N3O4/c1-32-20-11-15(12-27-28-18-7-5-16(6-8-18)22(24,25)26)10-19(29(30)31)21(20)33-13-14-3-2-4-17(23)9-14/h2-12,28H,13H2,1H3. The van der Waals surface area contributed by atoms with Crippen LogP contribution in [0.4, 0.5) is 24.5 Å². The lowest BCUT2D eigenvalue weighted by molar-refractivity contribution is -0.386. The van der Waals surface area contributed by atoms with Gasteiger partial charge in [0, 0.05) is 16.7 Å². The monoisotopic (exact) mass is 479 g/mol. The average Bonchev–Trinajstić information content (AvgIpc) is 2.77. The summed E-state index contributed by atoms with van der Waals surface area (Å²) in [6, 6.07) is 13.9. The van der Waals surface area contributed by atoms with Gasteiger partial charge in [0.15, 0.2) is 5.75 Å².